The van der Waals surface area contributed by atoms with Gasteiger partial charge in [-0.2, -0.15) is 0 Å². The van der Waals surface area contributed by atoms with Crippen LogP contribution in [0.5, 0.6) is 0 Å². The number of para-hydroxylation sites is 1. The third kappa shape index (κ3) is 5.16. The first-order chi connectivity index (χ1) is 20.7. The highest BCUT2D eigenvalue weighted by Gasteiger charge is 2.48. The number of pyridine rings is 1. The van der Waals surface area contributed by atoms with E-state index in [0.717, 1.165) is 37.3 Å². The molecule has 0 radical (unpaired) electrons. The summed E-state index contributed by atoms with van der Waals surface area (Å²) in [7, 11) is 0. The summed E-state index contributed by atoms with van der Waals surface area (Å²) in [5.74, 6) is -2.11. The Bertz CT molecular complexity index is 1790. The highest BCUT2D eigenvalue weighted by molar-refractivity contribution is 6.22. The molecule has 0 spiro atoms. The molecule has 1 aromatic heterocycles. The molecule has 216 valence electrons. The number of nitro groups is 1. The lowest BCUT2D eigenvalue weighted by atomic mass is 9.81. The number of nitrogens with zero attached hydrogens (tertiary/aromatic N) is 3. The van der Waals surface area contributed by atoms with Crippen LogP contribution in [0.25, 0.3) is 22.2 Å². The number of carbonyl (C=O) groups is 4. The van der Waals surface area contributed by atoms with Crippen LogP contribution in [0.2, 0.25) is 0 Å². The average Bonchev–Trinajstić information content (AvgIpc) is 3.28. The fraction of sp³-hybridized carbons (Fsp3) is 0.242. The van der Waals surface area contributed by atoms with Gasteiger partial charge in [0.05, 0.1) is 39.2 Å². The number of fused-ring (bicyclic) bond motifs is 2. The molecule has 1 saturated heterocycles. The maximum atomic E-state index is 13.3. The quantitative estimate of drug-likeness (QED) is 0.0879. The fourth-order valence-corrected chi connectivity index (χ4v) is 5.99. The number of imide groups is 1. The predicted molar refractivity (Wildman–Crippen MR) is 158 cm³/mol. The minimum atomic E-state index is -0.745. The molecule has 43 heavy (non-hydrogen) atoms. The smallest absolute Gasteiger partial charge is 0.339 e. The minimum absolute atomic E-state index is 0.0624. The van der Waals surface area contributed by atoms with Gasteiger partial charge < -0.3 is 4.74 Å². The summed E-state index contributed by atoms with van der Waals surface area (Å²) in [5, 5.41) is 11.6. The van der Waals surface area contributed by atoms with Gasteiger partial charge in [0.1, 0.15) is 0 Å². The summed E-state index contributed by atoms with van der Waals surface area (Å²) in [6.07, 6.45) is 3.38. The molecular formula is C33H27N3O7. The Hall–Kier alpha value is -5.25. The van der Waals surface area contributed by atoms with Gasteiger partial charge in [-0.25, -0.2) is 9.78 Å². The number of Topliss-reactive ketones (excluding diaryl/α,β-unsaturated/α-hetero) is 1. The molecule has 3 aromatic carbocycles. The molecule has 2 amide bonds. The number of hydrogen-bond acceptors (Lipinski definition) is 8. The zero-order valence-electron chi connectivity index (χ0n) is 23.3. The van der Waals surface area contributed by atoms with E-state index in [2.05, 4.69) is 0 Å². The van der Waals surface area contributed by atoms with Crippen LogP contribution in [0.15, 0.2) is 72.8 Å². The van der Waals surface area contributed by atoms with Crippen LogP contribution in [0.3, 0.4) is 0 Å². The van der Waals surface area contributed by atoms with Crippen molar-refractivity contribution in [3.05, 3.63) is 99.6 Å². The molecule has 2 atom stereocenters. The molecule has 1 saturated carbocycles. The lowest BCUT2D eigenvalue weighted by molar-refractivity contribution is -0.384. The van der Waals surface area contributed by atoms with Gasteiger partial charge in [-0.1, -0.05) is 55.3 Å². The Labute approximate surface area is 246 Å². The SMILES string of the molecule is Cc1cccc2c(C(=O)OCC(=O)c3cccc([N+](=O)[O-])c3)cc(-c3ccc(N4C(=O)C5CCCCC5C4=O)cc3)nc12. The summed E-state index contributed by atoms with van der Waals surface area (Å²) >= 11 is 0. The minimum Gasteiger partial charge on any atom is -0.454 e. The molecule has 1 aliphatic carbocycles. The summed E-state index contributed by atoms with van der Waals surface area (Å²) in [5.41, 5.74) is 3.07. The van der Waals surface area contributed by atoms with Crippen LogP contribution in [-0.4, -0.2) is 40.1 Å². The van der Waals surface area contributed by atoms with Crippen molar-refractivity contribution in [2.45, 2.75) is 32.6 Å². The van der Waals surface area contributed by atoms with Crippen LogP contribution in [-0.2, 0) is 14.3 Å². The van der Waals surface area contributed by atoms with Crippen LogP contribution >= 0.6 is 0 Å². The van der Waals surface area contributed by atoms with Crippen molar-refractivity contribution >= 4 is 45.8 Å². The Morgan fingerprint density at radius 2 is 1.63 bits per heavy atom. The highest BCUT2D eigenvalue weighted by Crippen LogP contribution is 2.40. The van der Waals surface area contributed by atoms with E-state index in [0.29, 0.717) is 27.8 Å². The maximum absolute atomic E-state index is 13.3. The number of esters is 1. The lowest BCUT2D eigenvalue weighted by Crippen LogP contribution is -2.30. The van der Waals surface area contributed by atoms with Gasteiger partial charge >= 0.3 is 5.97 Å². The fourth-order valence-electron chi connectivity index (χ4n) is 5.99. The number of benzene rings is 3. The Morgan fingerprint density at radius 3 is 2.30 bits per heavy atom. The van der Waals surface area contributed by atoms with Crippen LogP contribution in [0, 0.1) is 28.9 Å². The van der Waals surface area contributed by atoms with Gasteiger partial charge in [-0.3, -0.25) is 29.4 Å². The van der Waals surface area contributed by atoms with Crippen LogP contribution in [0.1, 0.15) is 52.0 Å². The molecule has 1 aliphatic heterocycles. The standard InChI is InChI=1S/C33H27N3O7/c1-19-6-4-11-24-27(33(40)43-18-29(37)21-7-5-8-23(16-21)36(41)42)17-28(34-30(19)24)20-12-14-22(15-13-20)35-31(38)25-9-2-3-10-26(25)32(35)39/h4-8,11-17,25-26H,2-3,9-10,18H2,1H3. The monoisotopic (exact) mass is 577 g/mol. The number of aromatic nitrogens is 1. The van der Waals surface area contributed by atoms with Gasteiger partial charge in [0.25, 0.3) is 5.69 Å². The van der Waals surface area contributed by atoms with Gasteiger partial charge in [0, 0.05) is 28.6 Å². The van der Waals surface area contributed by atoms with E-state index in [1.54, 1.807) is 42.5 Å². The van der Waals surface area contributed by atoms with Gasteiger partial charge in [-0.15, -0.1) is 0 Å². The molecule has 4 aromatic rings. The number of aryl methyl sites for hydroxylation is 1. The summed E-state index contributed by atoms with van der Waals surface area (Å²) < 4.78 is 5.37. The van der Waals surface area contributed by atoms with E-state index >= 15 is 0 Å². The molecule has 0 bridgehead atoms. The number of ketones is 1. The number of carbonyl (C=O) groups excluding carboxylic acids is 4. The molecule has 2 heterocycles. The van der Waals surface area contributed by atoms with E-state index in [-0.39, 0.29) is 40.5 Å². The molecule has 2 fully saturated rings. The number of nitro benzene ring substituents is 1. The van der Waals surface area contributed by atoms with Crippen LogP contribution in [0.4, 0.5) is 11.4 Å². The van der Waals surface area contributed by atoms with Crippen molar-refractivity contribution < 1.29 is 28.8 Å². The first kappa shape index (κ1) is 27.9. The van der Waals surface area contributed by atoms with Gasteiger partial charge in [0.15, 0.2) is 6.61 Å². The molecule has 6 rings (SSSR count). The van der Waals surface area contributed by atoms with Crippen molar-refractivity contribution in [2.75, 3.05) is 11.5 Å². The zero-order chi connectivity index (χ0) is 30.2. The Kier molecular flexibility index (Phi) is 7.27. The van der Waals surface area contributed by atoms with Crippen molar-refractivity contribution in [3.63, 3.8) is 0 Å². The number of anilines is 1. The molecule has 10 heteroatoms. The van der Waals surface area contributed by atoms with E-state index in [1.165, 1.54) is 23.1 Å². The van der Waals surface area contributed by atoms with Crippen LogP contribution < -0.4 is 4.90 Å². The summed E-state index contributed by atoms with van der Waals surface area (Å²) in [6.45, 7) is 1.27. The topological polar surface area (TPSA) is 137 Å². The second-order valence-electron chi connectivity index (χ2n) is 10.9. The number of rotatable bonds is 7. The Morgan fingerprint density at radius 1 is 0.953 bits per heavy atom. The number of ether oxygens (including phenoxy) is 1. The third-order valence-electron chi connectivity index (χ3n) is 8.24. The summed E-state index contributed by atoms with van der Waals surface area (Å²) in [4.78, 5) is 68.6. The normalized spacial score (nSPS) is 18.0. The van der Waals surface area contributed by atoms with Crippen molar-refractivity contribution in [2.24, 2.45) is 11.8 Å². The second kappa shape index (κ2) is 11.2. The van der Waals surface area contributed by atoms with Crippen molar-refractivity contribution in [1.29, 1.82) is 0 Å². The molecule has 2 unspecified atom stereocenters. The van der Waals surface area contributed by atoms with Gasteiger partial charge in [0.2, 0.25) is 17.6 Å². The first-order valence-corrected chi connectivity index (χ1v) is 14.1. The van der Waals surface area contributed by atoms with Gasteiger partial charge in [-0.05, 0) is 43.5 Å². The zero-order valence-corrected chi connectivity index (χ0v) is 23.3. The lowest BCUT2D eigenvalue weighted by Gasteiger charge is -2.19. The van der Waals surface area contributed by atoms with E-state index in [1.807, 2.05) is 13.0 Å². The third-order valence-corrected chi connectivity index (χ3v) is 8.24. The summed E-state index contributed by atoms with van der Waals surface area (Å²) in [6, 6.07) is 19.1. The molecule has 10 nitrogen and oxygen atoms in total. The number of amides is 2. The number of hydrogen-bond donors (Lipinski definition) is 0. The average molecular weight is 578 g/mol. The maximum Gasteiger partial charge on any atom is 0.339 e. The largest absolute Gasteiger partial charge is 0.454 e. The van der Waals surface area contributed by atoms with E-state index in [4.69, 9.17) is 9.72 Å². The molecule has 2 aliphatic rings. The predicted octanol–water partition coefficient (Wildman–Crippen LogP) is 5.84. The molecular weight excluding hydrogens is 550 g/mol. The highest BCUT2D eigenvalue weighted by atomic mass is 16.6. The van der Waals surface area contributed by atoms with Crippen molar-refractivity contribution in [1.82, 2.24) is 4.98 Å². The second-order valence-corrected chi connectivity index (χ2v) is 10.9. The number of non-ortho nitro benzene ring substituents is 1. The first-order valence-electron chi connectivity index (χ1n) is 14.1. The molecule has 0 N–H and O–H groups in total. The van der Waals surface area contributed by atoms with E-state index in [9.17, 15) is 29.3 Å². The van der Waals surface area contributed by atoms with E-state index < -0.39 is 23.3 Å². The van der Waals surface area contributed by atoms with Crippen molar-refractivity contribution in [3.8, 4) is 11.3 Å². The Balaban J connectivity index is 1.27.